The topological polar surface area (TPSA) is 101 Å². The molecule has 7 nitrogen and oxygen atoms in total. The molecule has 7 heteroatoms. The van der Waals surface area contributed by atoms with Crippen molar-refractivity contribution in [1.82, 2.24) is 10.6 Å². The van der Waals surface area contributed by atoms with Gasteiger partial charge in [-0.05, 0) is 18.1 Å². The number of ketones is 1. The zero-order valence-electron chi connectivity index (χ0n) is 18.4. The third-order valence-electron chi connectivity index (χ3n) is 6.20. The van der Waals surface area contributed by atoms with E-state index in [2.05, 4.69) is 10.6 Å². The van der Waals surface area contributed by atoms with Gasteiger partial charge < -0.3 is 10.6 Å². The van der Waals surface area contributed by atoms with E-state index in [9.17, 15) is 19.7 Å². The highest BCUT2D eigenvalue weighted by atomic mass is 16.6. The van der Waals surface area contributed by atoms with Gasteiger partial charge in [-0.1, -0.05) is 66.7 Å². The van der Waals surface area contributed by atoms with E-state index in [0.29, 0.717) is 40.2 Å². The predicted molar refractivity (Wildman–Crippen MR) is 128 cm³/mol. The van der Waals surface area contributed by atoms with Crippen LogP contribution < -0.4 is 10.6 Å². The number of hydrogen-bond donors (Lipinski definition) is 2. The zero-order chi connectivity index (χ0) is 23.8. The van der Waals surface area contributed by atoms with E-state index in [1.165, 1.54) is 12.1 Å². The Morgan fingerprint density at radius 3 is 2.44 bits per heavy atom. The quantitative estimate of drug-likeness (QED) is 0.440. The van der Waals surface area contributed by atoms with Crippen LogP contribution in [0, 0.1) is 10.1 Å². The summed E-state index contributed by atoms with van der Waals surface area (Å²) in [6, 6.07) is 22.9. The van der Waals surface area contributed by atoms with Crippen molar-refractivity contribution in [3.8, 4) is 0 Å². The first-order valence-electron chi connectivity index (χ1n) is 10.9. The third kappa shape index (κ3) is 3.57. The van der Waals surface area contributed by atoms with Crippen molar-refractivity contribution >= 4 is 23.1 Å². The molecule has 0 aromatic heterocycles. The Morgan fingerprint density at radius 2 is 1.71 bits per heavy atom. The summed E-state index contributed by atoms with van der Waals surface area (Å²) in [5.74, 6) is -1.26. The smallest absolute Gasteiger partial charge is 0.269 e. The highest BCUT2D eigenvalue weighted by Gasteiger charge is 2.42. The average Bonchev–Trinajstić information content (AvgIpc) is 3.14. The zero-order valence-corrected chi connectivity index (χ0v) is 18.4. The Bertz CT molecular complexity index is 1410. The molecule has 3 aromatic carbocycles. The standard InChI is InChI=1S/C27H21N3O4/c1-16-22(27(32)28-15-17-8-3-2-4-9-17)23(18-10-7-11-19(14-18)30(33)34)24-25(29-16)20-12-5-6-13-21(20)26(24)31/h2-14,23,29H,15H2,1H3,(H,28,32)/t23-/m0/s1. The average molecular weight is 451 g/mol. The Morgan fingerprint density at radius 1 is 1.00 bits per heavy atom. The molecule has 1 aliphatic heterocycles. The summed E-state index contributed by atoms with van der Waals surface area (Å²) in [6.07, 6.45) is 0. The lowest BCUT2D eigenvalue weighted by atomic mass is 9.79. The van der Waals surface area contributed by atoms with Crippen LogP contribution in [0.4, 0.5) is 5.69 Å². The number of hydrogen-bond acceptors (Lipinski definition) is 5. The molecule has 5 rings (SSSR count). The number of nitrogens with zero attached hydrogens (tertiary/aromatic N) is 1. The van der Waals surface area contributed by atoms with E-state index in [0.717, 1.165) is 11.1 Å². The van der Waals surface area contributed by atoms with Crippen molar-refractivity contribution in [3.05, 3.63) is 128 Å². The number of carbonyl (C=O) groups is 2. The molecule has 0 radical (unpaired) electrons. The normalized spacial score (nSPS) is 16.6. The number of rotatable bonds is 5. The first-order valence-corrected chi connectivity index (χ1v) is 10.9. The van der Waals surface area contributed by atoms with Crippen LogP contribution in [-0.4, -0.2) is 16.6 Å². The molecule has 0 fully saturated rings. The third-order valence-corrected chi connectivity index (χ3v) is 6.20. The lowest BCUT2D eigenvalue weighted by molar-refractivity contribution is -0.384. The molecule has 0 saturated carbocycles. The molecule has 2 aliphatic rings. The summed E-state index contributed by atoms with van der Waals surface area (Å²) in [5, 5.41) is 17.7. The Hall–Kier alpha value is -4.52. The predicted octanol–water partition coefficient (Wildman–Crippen LogP) is 4.48. The van der Waals surface area contributed by atoms with Crippen molar-refractivity contribution in [3.63, 3.8) is 0 Å². The molecule has 34 heavy (non-hydrogen) atoms. The van der Waals surface area contributed by atoms with Crippen molar-refractivity contribution in [2.45, 2.75) is 19.4 Å². The van der Waals surface area contributed by atoms with Gasteiger partial charge in [-0.25, -0.2) is 0 Å². The maximum atomic E-state index is 13.5. The molecule has 2 N–H and O–H groups in total. The van der Waals surface area contributed by atoms with Crippen LogP contribution in [0.15, 0.2) is 95.7 Å². The number of benzene rings is 3. The monoisotopic (exact) mass is 451 g/mol. The van der Waals surface area contributed by atoms with Crippen LogP contribution in [0.2, 0.25) is 0 Å². The number of fused-ring (bicyclic) bond motifs is 2. The van der Waals surface area contributed by atoms with Gasteiger partial charge in [0.2, 0.25) is 5.91 Å². The number of allylic oxidation sites excluding steroid dienone is 2. The number of carbonyl (C=O) groups excluding carboxylic acids is 2. The fraction of sp³-hybridized carbons (Fsp3) is 0.111. The number of nitro benzene ring substituents is 1. The first-order chi connectivity index (χ1) is 16.5. The molecule has 1 heterocycles. The Labute approximate surface area is 196 Å². The largest absolute Gasteiger partial charge is 0.358 e. The van der Waals surface area contributed by atoms with E-state index >= 15 is 0 Å². The molecule has 168 valence electrons. The summed E-state index contributed by atoms with van der Waals surface area (Å²) in [5.41, 5.74) is 4.73. The van der Waals surface area contributed by atoms with Crippen LogP contribution >= 0.6 is 0 Å². The molecule has 0 bridgehead atoms. The number of dihydropyridines is 1. The first kappa shape index (κ1) is 21.3. The minimum atomic E-state index is -0.744. The minimum Gasteiger partial charge on any atom is -0.358 e. The minimum absolute atomic E-state index is 0.0946. The summed E-state index contributed by atoms with van der Waals surface area (Å²) >= 11 is 0. The molecule has 1 aliphatic carbocycles. The molecule has 1 amide bonds. The van der Waals surface area contributed by atoms with Gasteiger partial charge in [-0.3, -0.25) is 19.7 Å². The highest BCUT2D eigenvalue weighted by molar-refractivity contribution is 6.23. The van der Waals surface area contributed by atoms with E-state index in [1.54, 1.807) is 31.2 Å². The van der Waals surface area contributed by atoms with Crippen LogP contribution in [0.5, 0.6) is 0 Å². The number of nitrogens with one attached hydrogen (secondary N) is 2. The number of non-ortho nitro benzene ring substituents is 1. The maximum Gasteiger partial charge on any atom is 0.269 e. The van der Waals surface area contributed by atoms with Crippen molar-refractivity contribution in [2.75, 3.05) is 0 Å². The van der Waals surface area contributed by atoms with Gasteiger partial charge >= 0.3 is 0 Å². The van der Waals surface area contributed by atoms with E-state index in [-0.39, 0.29) is 17.4 Å². The number of Topliss-reactive ketones (excluding diaryl/α,β-unsaturated/α-hetero) is 1. The van der Waals surface area contributed by atoms with Crippen molar-refractivity contribution in [2.24, 2.45) is 0 Å². The number of amides is 1. The van der Waals surface area contributed by atoms with Crippen LogP contribution in [0.1, 0.15) is 39.9 Å². The Balaban J connectivity index is 1.60. The van der Waals surface area contributed by atoms with Gasteiger partial charge in [-0.2, -0.15) is 0 Å². The molecule has 1 atom stereocenters. The second-order valence-electron chi connectivity index (χ2n) is 8.28. The van der Waals surface area contributed by atoms with Gasteiger partial charge in [0.15, 0.2) is 5.78 Å². The van der Waals surface area contributed by atoms with Gasteiger partial charge in [0.1, 0.15) is 0 Å². The van der Waals surface area contributed by atoms with Gasteiger partial charge in [0.25, 0.3) is 5.69 Å². The second kappa shape index (κ2) is 8.44. The molecule has 3 aromatic rings. The lowest BCUT2D eigenvalue weighted by Gasteiger charge is -2.29. The number of nitro groups is 1. The van der Waals surface area contributed by atoms with E-state index < -0.39 is 10.8 Å². The van der Waals surface area contributed by atoms with Crippen molar-refractivity contribution < 1.29 is 14.5 Å². The molecule has 0 spiro atoms. The molecule has 0 unspecified atom stereocenters. The fourth-order valence-electron chi connectivity index (χ4n) is 4.65. The molecular formula is C27H21N3O4. The lowest BCUT2D eigenvalue weighted by Crippen LogP contribution is -2.34. The second-order valence-corrected chi connectivity index (χ2v) is 8.28. The highest BCUT2D eigenvalue weighted by Crippen LogP contribution is 2.46. The van der Waals surface area contributed by atoms with E-state index in [1.807, 2.05) is 42.5 Å². The van der Waals surface area contributed by atoms with Crippen molar-refractivity contribution in [1.29, 1.82) is 0 Å². The van der Waals surface area contributed by atoms with Gasteiger partial charge in [-0.15, -0.1) is 0 Å². The van der Waals surface area contributed by atoms with Crippen LogP contribution in [-0.2, 0) is 11.3 Å². The van der Waals surface area contributed by atoms with Gasteiger partial charge in [0, 0.05) is 52.6 Å². The SMILES string of the molecule is CC1=C(C(=O)NCc2ccccc2)[C@H](c2cccc([N+](=O)[O-])c2)C2=C(N1)c1ccccc1C2=O. The van der Waals surface area contributed by atoms with Crippen LogP contribution in [0.3, 0.4) is 0 Å². The van der Waals surface area contributed by atoms with E-state index in [4.69, 9.17) is 0 Å². The molecular weight excluding hydrogens is 430 g/mol. The van der Waals surface area contributed by atoms with Crippen LogP contribution in [0.25, 0.3) is 5.70 Å². The fourth-order valence-corrected chi connectivity index (χ4v) is 4.65. The summed E-state index contributed by atoms with van der Waals surface area (Å²) < 4.78 is 0. The maximum absolute atomic E-state index is 13.5. The Kier molecular flexibility index (Phi) is 5.30. The summed E-state index contributed by atoms with van der Waals surface area (Å²) in [4.78, 5) is 38.0. The summed E-state index contributed by atoms with van der Waals surface area (Å²) in [7, 11) is 0. The summed E-state index contributed by atoms with van der Waals surface area (Å²) in [6.45, 7) is 2.11. The molecule has 0 saturated heterocycles. The van der Waals surface area contributed by atoms with Gasteiger partial charge in [0.05, 0.1) is 10.6 Å².